The third-order valence-corrected chi connectivity index (χ3v) is 4.69. The molecule has 118 valence electrons. The SMILES string of the molecule is CC1CN(C(=O)C(C)Sc2nnc3ccccn23)CC(C)O1. The van der Waals surface area contributed by atoms with E-state index in [1.165, 1.54) is 11.8 Å². The molecule has 1 aliphatic rings. The maximum absolute atomic E-state index is 12.6. The van der Waals surface area contributed by atoms with Crippen LogP contribution in [0.1, 0.15) is 20.8 Å². The van der Waals surface area contributed by atoms with Crippen LogP contribution in [0.25, 0.3) is 5.65 Å². The standard InChI is InChI=1S/C15H20N4O2S/c1-10-8-18(9-11(2)21-10)14(20)12(3)22-15-17-16-13-6-4-5-7-19(13)15/h4-7,10-12H,8-9H2,1-3H3. The minimum Gasteiger partial charge on any atom is -0.372 e. The van der Waals surface area contributed by atoms with Crippen LogP contribution in [0.4, 0.5) is 0 Å². The van der Waals surface area contributed by atoms with Gasteiger partial charge in [0.25, 0.3) is 0 Å². The number of thioether (sulfide) groups is 1. The van der Waals surface area contributed by atoms with E-state index in [1.807, 2.05) is 54.5 Å². The van der Waals surface area contributed by atoms with Crippen molar-refractivity contribution in [3.63, 3.8) is 0 Å². The molecule has 2 aromatic heterocycles. The average molecular weight is 320 g/mol. The largest absolute Gasteiger partial charge is 0.372 e. The average Bonchev–Trinajstić information content (AvgIpc) is 2.89. The molecule has 1 aliphatic heterocycles. The molecule has 3 heterocycles. The van der Waals surface area contributed by atoms with E-state index in [4.69, 9.17) is 4.74 Å². The van der Waals surface area contributed by atoms with Crippen molar-refractivity contribution >= 4 is 23.3 Å². The third-order valence-electron chi connectivity index (χ3n) is 3.64. The molecule has 1 amide bonds. The summed E-state index contributed by atoms with van der Waals surface area (Å²) >= 11 is 1.44. The Morgan fingerprint density at radius 1 is 1.32 bits per heavy atom. The summed E-state index contributed by atoms with van der Waals surface area (Å²) in [5, 5.41) is 8.83. The van der Waals surface area contributed by atoms with E-state index in [0.717, 1.165) is 10.8 Å². The molecule has 0 aliphatic carbocycles. The van der Waals surface area contributed by atoms with Gasteiger partial charge in [-0.3, -0.25) is 9.20 Å². The lowest BCUT2D eigenvalue weighted by atomic mass is 10.2. The normalized spacial score (nSPS) is 23.7. The number of rotatable bonds is 3. The first-order valence-electron chi connectivity index (χ1n) is 7.45. The summed E-state index contributed by atoms with van der Waals surface area (Å²) in [7, 11) is 0. The monoisotopic (exact) mass is 320 g/mol. The Balaban J connectivity index is 1.71. The van der Waals surface area contributed by atoms with Gasteiger partial charge in [-0.05, 0) is 32.9 Å². The Kier molecular flexibility index (Phi) is 4.35. The Morgan fingerprint density at radius 3 is 2.77 bits per heavy atom. The van der Waals surface area contributed by atoms with Crippen LogP contribution in [-0.4, -0.2) is 56.0 Å². The van der Waals surface area contributed by atoms with Gasteiger partial charge in [0.2, 0.25) is 5.91 Å². The van der Waals surface area contributed by atoms with Crippen molar-refractivity contribution in [3.8, 4) is 0 Å². The molecule has 0 N–H and O–H groups in total. The van der Waals surface area contributed by atoms with Gasteiger partial charge in [-0.2, -0.15) is 0 Å². The Bertz CT molecular complexity index is 664. The molecule has 2 aromatic rings. The van der Waals surface area contributed by atoms with E-state index < -0.39 is 0 Å². The van der Waals surface area contributed by atoms with Crippen molar-refractivity contribution in [2.24, 2.45) is 0 Å². The minimum atomic E-state index is -0.204. The molecule has 22 heavy (non-hydrogen) atoms. The Morgan fingerprint density at radius 2 is 2.05 bits per heavy atom. The summed E-state index contributed by atoms with van der Waals surface area (Å²) in [4.78, 5) is 14.5. The quantitative estimate of drug-likeness (QED) is 0.808. The molecule has 0 bridgehead atoms. The van der Waals surface area contributed by atoms with Crippen LogP contribution in [0, 0.1) is 0 Å². The summed E-state index contributed by atoms with van der Waals surface area (Å²) in [5.74, 6) is 0.125. The van der Waals surface area contributed by atoms with Crippen LogP contribution in [0.5, 0.6) is 0 Å². The summed E-state index contributed by atoms with van der Waals surface area (Å²) in [6, 6.07) is 5.75. The van der Waals surface area contributed by atoms with Crippen LogP contribution in [-0.2, 0) is 9.53 Å². The number of carbonyl (C=O) groups is 1. The lowest BCUT2D eigenvalue weighted by Gasteiger charge is -2.36. The molecule has 6 nitrogen and oxygen atoms in total. The second kappa shape index (κ2) is 6.26. The van der Waals surface area contributed by atoms with Gasteiger partial charge in [0.05, 0.1) is 17.5 Å². The first kappa shape index (κ1) is 15.3. The van der Waals surface area contributed by atoms with Gasteiger partial charge in [0, 0.05) is 19.3 Å². The van der Waals surface area contributed by atoms with Crippen LogP contribution >= 0.6 is 11.8 Å². The number of aromatic nitrogens is 3. The van der Waals surface area contributed by atoms with Crippen molar-refractivity contribution in [2.75, 3.05) is 13.1 Å². The van der Waals surface area contributed by atoms with Crippen molar-refractivity contribution in [1.29, 1.82) is 0 Å². The maximum Gasteiger partial charge on any atom is 0.236 e. The van der Waals surface area contributed by atoms with E-state index in [-0.39, 0.29) is 23.4 Å². The first-order chi connectivity index (χ1) is 10.5. The molecule has 0 spiro atoms. The molecule has 1 saturated heterocycles. The van der Waals surface area contributed by atoms with Gasteiger partial charge in [-0.15, -0.1) is 10.2 Å². The lowest BCUT2D eigenvalue weighted by molar-refractivity contribution is -0.142. The molecular weight excluding hydrogens is 300 g/mol. The number of pyridine rings is 1. The number of carbonyl (C=O) groups excluding carboxylic acids is 1. The molecule has 3 atom stereocenters. The summed E-state index contributed by atoms with van der Waals surface area (Å²) in [6.45, 7) is 7.21. The van der Waals surface area contributed by atoms with Crippen molar-refractivity contribution < 1.29 is 9.53 Å². The number of morpholine rings is 1. The summed E-state index contributed by atoms with van der Waals surface area (Å²) < 4.78 is 7.58. The van der Waals surface area contributed by atoms with E-state index in [2.05, 4.69) is 10.2 Å². The van der Waals surface area contributed by atoms with Gasteiger partial charge in [-0.1, -0.05) is 17.8 Å². The summed E-state index contributed by atoms with van der Waals surface area (Å²) in [6.07, 6.45) is 2.07. The second-order valence-electron chi connectivity index (χ2n) is 5.67. The predicted octanol–water partition coefficient (Wildman–Crippen LogP) is 1.85. The number of nitrogens with zero attached hydrogens (tertiary/aromatic N) is 4. The second-order valence-corrected chi connectivity index (χ2v) is 6.98. The highest BCUT2D eigenvalue weighted by Crippen LogP contribution is 2.24. The van der Waals surface area contributed by atoms with Gasteiger partial charge in [0.1, 0.15) is 0 Å². The molecule has 0 radical (unpaired) electrons. The number of hydrogen-bond acceptors (Lipinski definition) is 5. The number of fused-ring (bicyclic) bond motifs is 1. The van der Waals surface area contributed by atoms with Gasteiger partial charge >= 0.3 is 0 Å². The van der Waals surface area contributed by atoms with Crippen molar-refractivity contribution in [2.45, 2.75) is 43.4 Å². The van der Waals surface area contributed by atoms with Crippen molar-refractivity contribution in [3.05, 3.63) is 24.4 Å². The smallest absolute Gasteiger partial charge is 0.236 e. The minimum absolute atomic E-state index is 0.0822. The fourth-order valence-corrected chi connectivity index (χ4v) is 3.65. The van der Waals surface area contributed by atoms with Crippen LogP contribution in [0.15, 0.2) is 29.6 Å². The van der Waals surface area contributed by atoms with Crippen LogP contribution in [0.3, 0.4) is 0 Å². The van der Waals surface area contributed by atoms with Gasteiger partial charge < -0.3 is 9.64 Å². The zero-order valence-electron chi connectivity index (χ0n) is 13.0. The highest BCUT2D eigenvalue weighted by atomic mass is 32.2. The fraction of sp³-hybridized carbons (Fsp3) is 0.533. The Hall–Kier alpha value is -1.60. The van der Waals surface area contributed by atoms with E-state index in [9.17, 15) is 4.79 Å². The molecular formula is C15H20N4O2S. The Labute approximate surface area is 133 Å². The first-order valence-corrected chi connectivity index (χ1v) is 8.33. The topological polar surface area (TPSA) is 59.7 Å². The molecule has 3 unspecified atom stereocenters. The maximum atomic E-state index is 12.6. The van der Waals surface area contributed by atoms with Gasteiger partial charge in [0.15, 0.2) is 10.8 Å². The molecule has 0 aromatic carbocycles. The highest BCUT2D eigenvalue weighted by molar-refractivity contribution is 8.00. The van der Waals surface area contributed by atoms with E-state index in [1.54, 1.807) is 0 Å². The number of ether oxygens (including phenoxy) is 1. The number of hydrogen-bond donors (Lipinski definition) is 0. The zero-order valence-corrected chi connectivity index (χ0v) is 13.8. The van der Waals surface area contributed by atoms with Crippen LogP contribution in [0.2, 0.25) is 0 Å². The zero-order chi connectivity index (χ0) is 15.7. The molecule has 7 heteroatoms. The molecule has 1 fully saturated rings. The third kappa shape index (κ3) is 3.10. The van der Waals surface area contributed by atoms with Crippen LogP contribution < -0.4 is 0 Å². The molecule has 0 saturated carbocycles. The molecule has 3 rings (SSSR count). The fourth-order valence-electron chi connectivity index (χ4n) is 2.72. The van der Waals surface area contributed by atoms with E-state index in [0.29, 0.717) is 13.1 Å². The highest BCUT2D eigenvalue weighted by Gasteiger charge is 2.29. The number of amides is 1. The predicted molar refractivity (Wildman–Crippen MR) is 84.9 cm³/mol. The summed E-state index contributed by atoms with van der Waals surface area (Å²) in [5.41, 5.74) is 0.790. The van der Waals surface area contributed by atoms with E-state index >= 15 is 0 Å². The lowest BCUT2D eigenvalue weighted by Crippen LogP contribution is -2.50. The van der Waals surface area contributed by atoms with Gasteiger partial charge in [-0.25, -0.2) is 0 Å². The van der Waals surface area contributed by atoms with Crippen molar-refractivity contribution in [1.82, 2.24) is 19.5 Å².